The molecule has 2 heterocycles. The summed E-state index contributed by atoms with van der Waals surface area (Å²) in [5, 5.41) is 16.4. The molecule has 1 N–H and O–H groups in total. The van der Waals surface area contributed by atoms with Crippen molar-refractivity contribution in [2.24, 2.45) is 5.10 Å². The molecule has 1 aliphatic heterocycles. The summed E-state index contributed by atoms with van der Waals surface area (Å²) >= 11 is 6.03. The Balaban J connectivity index is 1.62. The van der Waals surface area contributed by atoms with E-state index in [1.165, 1.54) is 0 Å². The van der Waals surface area contributed by atoms with E-state index in [0.717, 1.165) is 34.3 Å². The number of carboxylic acids is 1. The molecule has 28 heavy (non-hydrogen) atoms. The van der Waals surface area contributed by atoms with Gasteiger partial charge in [-0.2, -0.15) is 5.10 Å². The van der Waals surface area contributed by atoms with E-state index < -0.39 is 5.97 Å². The summed E-state index contributed by atoms with van der Waals surface area (Å²) in [5.41, 5.74) is 4.75. The highest BCUT2D eigenvalue weighted by Crippen LogP contribution is 2.33. The van der Waals surface area contributed by atoms with Gasteiger partial charge in [0.25, 0.3) is 0 Å². The van der Waals surface area contributed by atoms with Gasteiger partial charge >= 0.3 is 5.97 Å². The minimum atomic E-state index is -0.792. The van der Waals surface area contributed by atoms with Gasteiger partial charge in [-0.05, 0) is 36.2 Å². The predicted octanol–water partition coefficient (Wildman–Crippen LogP) is 4.30. The third-order valence-electron chi connectivity index (χ3n) is 4.83. The molecule has 0 radical (unpaired) electrons. The third kappa shape index (κ3) is 3.97. The van der Waals surface area contributed by atoms with E-state index in [9.17, 15) is 4.79 Å². The lowest BCUT2D eigenvalue weighted by molar-refractivity contribution is -0.137. The predicted molar refractivity (Wildman–Crippen MR) is 108 cm³/mol. The molecule has 1 unspecified atom stereocenters. The van der Waals surface area contributed by atoms with Crippen LogP contribution >= 0.6 is 11.6 Å². The standard InChI is InChI=1S/C21H19ClN4O2/c22-16-6-3-14(4-7-16)20-13-18(25-26(20)11-1-2-21(27)28)15-5-8-17-19(12-15)24-10-9-23-17/h3-10,12,20H,1-2,11,13H2,(H,27,28). The fourth-order valence-corrected chi connectivity index (χ4v) is 3.57. The average molecular weight is 395 g/mol. The molecule has 0 aliphatic carbocycles. The summed E-state index contributed by atoms with van der Waals surface area (Å²) in [5.74, 6) is -0.792. The number of fused-ring (bicyclic) bond motifs is 1. The first-order valence-corrected chi connectivity index (χ1v) is 9.50. The average Bonchev–Trinajstić information content (AvgIpc) is 3.12. The lowest BCUT2D eigenvalue weighted by Crippen LogP contribution is -2.21. The molecule has 1 atom stereocenters. The molecule has 2 aromatic carbocycles. The Morgan fingerprint density at radius 3 is 2.61 bits per heavy atom. The van der Waals surface area contributed by atoms with Crippen molar-refractivity contribution in [1.29, 1.82) is 0 Å². The first kappa shape index (κ1) is 18.4. The second kappa shape index (κ2) is 7.94. The lowest BCUT2D eigenvalue weighted by atomic mass is 9.98. The van der Waals surface area contributed by atoms with Crippen LogP contribution in [0.15, 0.2) is 60.0 Å². The van der Waals surface area contributed by atoms with Crippen LogP contribution in [0.4, 0.5) is 0 Å². The summed E-state index contributed by atoms with van der Waals surface area (Å²) in [6.45, 7) is 0.580. The molecule has 0 fully saturated rings. The number of benzene rings is 2. The maximum atomic E-state index is 10.9. The van der Waals surface area contributed by atoms with Crippen molar-refractivity contribution in [3.8, 4) is 0 Å². The number of carbonyl (C=O) groups is 1. The number of halogens is 1. The van der Waals surface area contributed by atoms with E-state index in [4.69, 9.17) is 21.8 Å². The maximum Gasteiger partial charge on any atom is 0.303 e. The third-order valence-corrected chi connectivity index (χ3v) is 5.08. The molecule has 0 spiro atoms. The Kier molecular flexibility index (Phi) is 5.21. The summed E-state index contributed by atoms with van der Waals surface area (Å²) in [4.78, 5) is 19.6. The highest BCUT2D eigenvalue weighted by atomic mass is 35.5. The second-order valence-corrected chi connectivity index (χ2v) is 7.17. The first-order valence-electron chi connectivity index (χ1n) is 9.13. The van der Waals surface area contributed by atoms with Gasteiger partial charge in [0, 0.05) is 42.4 Å². The molecule has 0 saturated carbocycles. The highest BCUT2D eigenvalue weighted by molar-refractivity contribution is 6.30. The molecular formula is C21H19ClN4O2. The molecule has 6 nitrogen and oxygen atoms in total. The monoisotopic (exact) mass is 394 g/mol. The molecule has 3 aromatic rings. The van der Waals surface area contributed by atoms with E-state index in [2.05, 4.69) is 9.97 Å². The van der Waals surface area contributed by atoms with E-state index in [-0.39, 0.29) is 12.5 Å². The van der Waals surface area contributed by atoms with Gasteiger partial charge in [0.15, 0.2) is 0 Å². The minimum absolute atomic E-state index is 0.0543. The Bertz CT molecular complexity index is 1040. The highest BCUT2D eigenvalue weighted by Gasteiger charge is 2.28. The van der Waals surface area contributed by atoms with Crippen molar-refractivity contribution in [2.45, 2.75) is 25.3 Å². The lowest BCUT2D eigenvalue weighted by Gasteiger charge is -2.23. The zero-order valence-corrected chi connectivity index (χ0v) is 15.9. The van der Waals surface area contributed by atoms with Crippen LogP contribution < -0.4 is 0 Å². The van der Waals surface area contributed by atoms with Crippen LogP contribution in [-0.4, -0.2) is 38.3 Å². The normalized spacial score (nSPS) is 16.4. The number of hydrogen-bond donors (Lipinski definition) is 1. The summed E-state index contributed by atoms with van der Waals surface area (Å²) < 4.78 is 0. The quantitative estimate of drug-likeness (QED) is 0.674. The van der Waals surface area contributed by atoms with Crippen molar-refractivity contribution in [3.05, 3.63) is 71.0 Å². The van der Waals surface area contributed by atoms with Crippen molar-refractivity contribution in [2.75, 3.05) is 6.54 Å². The smallest absolute Gasteiger partial charge is 0.303 e. The summed E-state index contributed by atoms with van der Waals surface area (Å²) in [6.07, 6.45) is 4.76. The van der Waals surface area contributed by atoms with E-state index >= 15 is 0 Å². The number of aliphatic carboxylic acids is 1. The van der Waals surface area contributed by atoms with E-state index in [1.54, 1.807) is 12.4 Å². The number of nitrogens with zero attached hydrogens (tertiary/aromatic N) is 4. The molecule has 1 aliphatic rings. The van der Waals surface area contributed by atoms with Crippen molar-refractivity contribution >= 4 is 34.3 Å². The first-order chi connectivity index (χ1) is 13.6. The van der Waals surface area contributed by atoms with Gasteiger partial charge in [0.05, 0.1) is 22.8 Å². The molecule has 7 heteroatoms. The van der Waals surface area contributed by atoms with Crippen LogP contribution in [-0.2, 0) is 4.79 Å². The molecule has 0 saturated heterocycles. The van der Waals surface area contributed by atoms with Crippen LogP contribution in [0.25, 0.3) is 11.0 Å². The maximum absolute atomic E-state index is 10.9. The van der Waals surface area contributed by atoms with Crippen molar-refractivity contribution in [3.63, 3.8) is 0 Å². The van der Waals surface area contributed by atoms with Gasteiger partial charge in [-0.1, -0.05) is 29.8 Å². The number of hydrazone groups is 1. The number of rotatable bonds is 6. The SMILES string of the molecule is O=C(O)CCCN1N=C(c2ccc3nccnc3c2)CC1c1ccc(Cl)cc1. The fourth-order valence-electron chi connectivity index (χ4n) is 3.45. The van der Waals surface area contributed by atoms with Crippen molar-refractivity contribution < 1.29 is 9.90 Å². The van der Waals surface area contributed by atoms with E-state index in [1.807, 2.05) is 47.5 Å². The molecule has 1 aromatic heterocycles. The number of hydrogen-bond acceptors (Lipinski definition) is 5. The Hall–Kier alpha value is -2.99. The molecule has 142 valence electrons. The Morgan fingerprint density at radius 2 is 1.86 bits per heavy atom. The fraction of sp³-hybridized carbons (Fsp3) is 0.238. The van der Waals surface area contributed by atoms with Gasteiger partial charge in [-0.25, -0.2) is 0 Å². The van der Waals surface area contributed by atoms with Gasteiger partial charge in [-0.15, -0.1) is 0 Å². The summed E-state index contributed by atoms with van der Waals surface area (Å²) in [6, 6.07) is 13.8. The van der Waals surface area contributed by atoms with Crippen LogP contribution in [0, 0.1) is 0 Å². The summed E-state index contributed by atoms with van der Waals surface area (Å²) in [7, 11) is 0. The van der Waals surface area contributed by atoms with Gasteiger partial charge in [-0.3, -0.25) is 19.8 Å². The zero-order chi connectivity index (χ0) is 19.5. The molecule has 4 rings (SSSR count). The number of carboxylic acid groups (broad SMARTS) is 1. The molecule has 0 amide bonds. The second-order valence-electron chi connectivity index (χ2n) is 6.74. The molecular weight excluding hydrogens is 376 g/mol. The molecule has 0 bridgehead atoms. The van der Waals surface area contributed by atoms with Crippen molar-refractivity contribution in [1.82, 2.24) is 15.0 Å². The van der Waals surface area contributed by atoms with Crippen LogP contribution in [0.2, 0.25) is 5.02 Å². The van der Waals surface area contributed by atoms with Gasteiger partial charge < -0.3 is 5.11 Å². The minimum Gasteiger partial charge on any atom is -0.481 e. The van der Waals surface area contributed by atoms with Gasteiger partial charge in [0.1, 0.15) is 0 Å². The topological polar surface area (TPSA) is 78.7 Å². The Morgan fingerprint density at radius 1 is 1.11 bits per heavy atom. The van der Waals surface area contributed by atoms with Crippen LogP contribution in [0.5, 0.6) is 0 Å². The largest absolute Gasteiger partial charge is 0.481 e. The van der Waals surface area contributed by atoms with Crippen LogP contribution in [0.1, 0.15) is 36.4 Å². The zero-order valence-electron chi connectivity index (χ0n) is 15.1. The number of aromatic nitrogens is 2. The van der Waals surface area contributed by atoms with Gasteiger partial charge in [0.2, 0.25) is 0 Å². The Labute approximate surface area is 167 Å². The van der Waals surface area contributed by atoms with Crippen LogP contribution in [0.3, 0.4) is 0 Å². The van der Waals surface area contributed by atoms with E-state index in [0.29, 0.717) is 18.0 Å².